The molecule has 0 aliphatic heterocycles. The Balaban J connectivity index is 2.29. The quantitative estimate of drug-likeness (QED) is 0.413. The molecule has 2 aromatic rings. The zero-order valence-corrected chi connectivity index (χ0v) is 14.1. The van der Waals surface area contributed by atoms with Gasteiger partial charge in [-0.1, -0.05) is 37.9 Å². The molecule has 1 nitrogen and oxygen atoms in total. The van der Waals surface area contributed by atoms with Crippen LogP contribution in [0.3, 0.4) is 0 Å². The van der Waals surface area contributed by atoms with Gasteiger partial charge in [0.25, 0.3) is 0 Å². The summed E-state index contributed by atoms with van der Waals surface area (Å²) in [4.78, 5) is 0. The number of hydrogen-bond donors (Lipinski definition) is 0. The number of halogens is 3. The highest BCUT2D eigenvalue weighted by Gasteiger charge is 2.05. The van der Waals surface area contributed by atoms with E-state index in [-0.39, 0.29) is 0 Å². The van der Waals surface area contributed by atoms with Gasteiger partial charge < -0.3 is 4.74 Å². The molecule has 2 aromatic carbocycles. The maximum Gasteiger partial charge on any atom is 0.131 e. The van der Waals surface area contributed by atoms with Crippen molar-refractivity contribution in [3.05, 3.63) is 56.1 Å². The van der Waals surface area contributed by atoms with Crippen LogP contribution in [0.25, 0.3) is 0 Å². The number of alkyl halides is 1. The Labute approximate surface area is 131 Å². The summed E-state index contributed by atoms with van der Waals surface area (Å²) in [6, 6.07) is 14.0. The summed E-state index contributed by atoms with van der Waals surface area (Å²) in [5, 5.41) is 0.770. The molecule has 0 N–H and O–H groups in total. The minimum atomic E-state index is 0.770. The van der Waals surface area contributed by atoms with Crippen molar-refractivity contribution < 1.29 is 4.74 Å². The standard InChI is InChI=1S/C13H9Br2IO/c14-8-9-6-10(15)4-5-13(9)17-12-3-1-2-11(16)7-12/h1-7H,8H2. The van der Waals surface area contributed by atoms with Crippen molar-refractivity contribution in [3.63, 3.8) is 0 Å². The van der Waals surface area contributed by atoms with Crippen molar-refractivity contribution in [2.75, 3.05) is 0 Å². The van der Waals surface area contributed by atoms with Crippen molar-refractivity contribution in [1.82, 2.24) is 0 Å². The van der Waals surface area contributed by atoms with E-state index in [0.717, 1.165) is 30.4 Å². The largest absolute Gasteiger partial charge is 0.457 e. The van der Waals surface area contributed by atoms with Crippen LogP contribution in [-0.2, 0) is 5.33 Å². The first kappa shape index (κ1) is 13.4. The fraction of sp³-hybridized carbons (Fsp3) is 0.0769. The molecule has 0 bridgehead atoms. The predicted octanol–water partition coefficient (Wildman–Crippen LogP) is 5.74. The molecule has 0 fully saturated rings. The van der Waals surface area contributed by atoms with Gasteiger partial charge in [0.05, 0.1) is 0 Å². The number of benzene rings is 2. The molecule has 17 heavy (non-hydrogen) atoms. The van der Waals surface area contributed by atoms with Gasteiger partial charge in [-0.15, -0.1) is 0 Å². The van der Waals surface area contributed by atoms with E-state index in [0.29, 0.717) is 0 Å². The lowest BCUT2D eigenvalue weighted by Gasteiger charge is -2.10. The molecule has 2 rings (SSSR count). The topological polar surface area (TPSA) is 9.23 Å². The van der Waals surface area contributed by atoms with Gasteiger partial charge >= 0.3 is 0 Å². The first-order chi connectivity index (χ1) is 8.19. The zero-order valence-electron chi connectivity index (χ0n) is 8.79. The highest BCUT2D eigenvalue weighted by atomic mass is 127. The van der Waals surface area contributed by atoms with E-state index in [1.54, 1.807) is 0 Å². The van der Waals surface area contributed by atoms with E-state index >= 15 is 0 Å². The third-order valence-corrected chi connectivity index (χ3v) is 3.96. The highest BCUT2D eigenvalue weighted by molar-refractivity contribution is 14.1. The molecule has 0 aliphatic rings. The summed E-state index contributed by atoms with van der Waals surface area (Å²) in [6.45, 7) is 0. The Kier molecular flexibility index (Phi) is 4.87. The molecule has 0 radical (unpaired) electrons. The molecule has 0 saturated carbocycles. The highest BCUT2D eigenvalue weighted by Crippen LogP contribution is 2.30. The first-order valence-electron chi connectivity index (χ1n) is 4.97. The second-order valence-electron chi connectivity index (χ2n) is 3.45. The van der Waals surface area contributed by atoms with Gasteiger partial charge in [0, 0.05) is 18.9 Å². The van der Waals surface area contributed by atoms with Crippen LogP contribution in [0.4, 0.5) is 0 Å². The van der Waals surface area contributed by atoms with Gasteiger partial charge in [-0.3, -0.25) is 0 Å². The molecular formula is C13H9Br2IO. The van der Waals surface area contributed by atoms with Crippen LogP contribution in [0, 0.1) is 3.57 Å². The van der Waals surface area contributed by atoms with Gasteiger partial charge in [0.1, 0.15) is 11.5 Å². The van der Waals surface area contributed by atoms with Crippen molar-refractivity contribution in [3.8, 4) is 11.5 Å². The van der Waals surface area contributed by atoms with Crippen LogP contribution in [0.1, 0.15) is 5.56 Å². The maximum absolute atomic E-state index is 5.88. The third kappa shape index (κ3) is 3.69. The van der Waals surface area contributed by atoms with Crippen molar-refractivity contribution >= 4 is 54.5 Å². The van der Waals surface area contributed by atoms with E-state index < -0.39 is 0 Å². The molecule has 0 heterocycles. The van der Waals surface area contributed by atoms with Gasteiger partial charge in [0.15, 0.2) is 0 Å². The summed E-state index contributed by atoms with van der Waals surface area (Å²) >= 11 is 9.20. The van der Waals surface area contributed by atoms with Gasteiger partial charge in [-0.2, -0.15) is 0 Å². The summed E-state index contributed by atoms with van der Waals surface area (Å²) in [7, 11) is 0. The predicted molar refractivity (Wildman–Crippen MR) is 86.0 cm³/mol. The van der Waals surface area contributed by atoms with Crippen LogP contribution in [-0.4, -0.2) is 0 Å². The van der Waals surface area contributed by atoms with Crippen LogP contribution in [0.2, 0.25) is 0 Å². The summed E-state index contributed by atoms with van der Waals surface area (Å²) in [5.74, 6) is 1.74. The molecule has 0 aliphatic carbocycles. The molecule has 0 atom stereocenters. The Morgan fingerprint density at radius 3 is 2.65 bits per heavy atom. The SMILES string of the molecule is BrCc1cc(Br)ccc1Oc1cccc(I)c1. The Morgan fingerprint density at radius 2 is 1.94 bits per heavy atom. The van der Waals surface area contributed by atoms with Crippen LogP contribution < -0.4 is 4.74 Å². The fourth-order valence-electron chi connectivity index (χ4n) is 1.41. The lowest BCUT2D eigenvalue weighted by Crippen LogP contribution is -1.89. The summed E-state index contributed by atoms with van der Waals surface area (Å²) < 4.78 is 8.10. The second kappa shape index (κ2) is 6.20. The summed E-state index contributed by atoms with van der Waals surface area (Å²) in [6.07, 6.45) is 0. The fourth-order valence-corrected chi connectivity index (χ4v) is 2.77. The molecular weight excluding hydrogens is 459 g/mol. The molecule has 4 heteroatoms. The molecule has 0 amide bonds. The van der Waals surface area contributed by atoms with Crippen molar-refractivity contribution in [2.45, 2.75) is 5.33 Å². The average molecular weight is 468 g/mol. The molecule has 0 unspecified atom stereocenters. The molecule has 88 valence electrons. The molecule has 0 saturated heterocycles. The smallest absolute Gasteiger partial charge is 0.131 e. The van der Waals surface area contributed by atoms with Crippen LogP contribution in [0.5, 0.6) is 11.5 Å². The molecule has 0 aromatic heterocycles. The van der Waals surface area contributed by atoms with E-state index in [1.807, 2.05) is 36.4 Å². The number of rotatable bonds is 3. The Hall–Kier alpha value is -0.0700. The van der Waals surface area contributed by atoms with Crippen LogP contribution in [0.15, 0.2) is 46.9 Å². The maximum atomic E-state index is 5.88. The number of ether oxygens (including phenoxy) is 1. The molecule has 0 spiro atoms. The van der Waals surface area contributed by atoms with E-state index in [4.69, 9.17) is 4.74 Å². The number of hydrogen-bond acceptors (Lipinski definition) is 1. The van der Waals surface area contributed by atoms with Crippen molar-refractivity contribution in [2.24, 2.45) is 0 Å². The van der Waals surface area contributed by atoms with Crippen molar-refractivity contribution in [1.29, 1.82) is 0 Å². The van der Waals surface area contributed by atoms with Gasteiger partial charge in [-0.05, 0) is 59.0 Å². The minimum Gasteiger partial charge on any atom is -0.457 e. The van der Waals surface area contributed by atoms with E-state index in [2.05, 4.69) is 60.5 Å². The van der Waals surface area contributed by atoms with E-state index in [9.17, 15) is 0 Å². The second-order valence-corrected chi connectivity index (χ2v) is 6.17. The lowest BCUT2D eigenvalue weighted by atomic mass is 10.2. The summed E-state index contributed by atoms with van der Waals surface area (Å²) in [5.41, 5.74) is 1.12. The first-order valence-corrected chi connectivity index (χ1v) is 7.96. The monoisotopic (exact) mass is 466 g/mol. The van der Waals surface area contributed by atoms with Gasteiger partial charge in [-0.25, -0.2) is 0 Å². The third-order valence-electron chi connectivity index (χ3n) is 2.19. The van der Waals surface area contributed by atoms with E-state index in [1.165, 1.54) is 0 Å². The van der Waals surface area contributed by atoms with Crippen LogP contribution >= 0.6 is 54.5 Å². The Bertz CT molecular complexity index is 529. The van der Waals surface area contributed by atoms with Gasteiger partial charge in [0.2, 0.25) is 0 Å². The Morgan fingerprint density at radius 1 is 1.12 bits per heavy atom. The normalized spacial score (nSPS) is 10.3. The minimum absolute atomic E-state index is 0.770. The lowest BCUT2D eigenvalue weighted by molar-refractivity contribution is 0.478. The zero-order chi connectivity index (χ0) is 12.3. The average Bonchev–Trinajstić information content (AvgIpc) is 2.31.